The first-order valence-corrected chi connectivity index (χ1v) is 2.54. The van der Waals surface area contributed by atoms with Crippen molar-refractivity contribution in [3.05, 3.63) is 21.4 Å². The van der Waals surface area contributed by atoms with Crippen LogP contribution in [0.2, 0.25) is 0 Å². The van der Waals surface area contributed by atoms with E-state index in [1.807, 2.05) is 0 Å². The molecule has 0 rings (SSSR count). The van der Waals surface area contributed by atoms with Gasteiger partial charge in [-0.05, 0) is 11.8 Å². The van der Waals surface area contributed by atoms with E-state index in [0.717, 1.165) is 0 Å². The largest absolute Gasteiger partial charge is 0.230 e. The lowest BCUT2D eigenvalue weighted by atomic mass is 10.7. The summed E-state index contributed by atoms with van der Waals surface area (Å²) in [4.78, 5) is 3.67. The van der Waals surface area contributed by atoms with Crippen molar-refractivity contribution in [2.45, 2.75) is 6.92 Å². The number of hydrogen-bond donors (Lipinski definition) is 2. The molecule has 0 heterocycles. The van der Waals surface area contributed by atoms with E-state index >= 15 is 0 Å². The highest BCUT2D eigenvalue weighted by Gasteiger charge is 1.85. The van der Waals surface area contributed by atoms with Gasteiger partial charge >= 0.3 is 0 Å². The molecule has 0 aliphatic rings. The molecular formula is C4H5NS2. The van der Waals surface area contributed by atoms with Gasteiger partial charge in [0.15, 0.2) is 0 Å². The molecule has 3 heteroatoms. The van der Waals surface area contributed by atoms with E-state index in [0.29, 0.717) is 9.93 Å². The van der Waals surface area contributed by atoms with Crippen molar-refractivity contribution in [1.82, 2.24) is 0 Å². The maximum Gasteiger partial charge on any atom is 0.226 e. The van der Waals surface area contributed by atoms with Gasteiger partial charge in [-0.15, -0.1) is 0 Å². The van der Waals surface area contributed by atoms with Gasteiger partial charge in [0.05, 0.1) is 6.57 Å². The molecule has 0 bridgehead atoms. The zero-order chi connectivity index (χ0) is 5.86. The second-order valence-electron chi connectivity index (χ2n) is 1.02. The van der Waals surface area contributed by atoms with Gasteiger partial charge in [-0.2, -0.15) is 25.3 Å². The molecule has 0 amide bonds. The van der Waals surface area contributed by atoms with Gasteiger partial charge in [-0.3, -0.25) is 0 Å². The number of rotatable bonds is 0. The van der Waals surface area contributed by atoms with Gasteiger partial charge in [0.25, 0.3) is 0 Å². The summed E-state index contributed by atoms with van der Waals surface area (Å²) in [7, 11) is 0. The van der Waals surface area contributed by atoms with Crippen molar-refractivity contribution in [1.29, 1.82) is 0 Å². The molecule has 0 saturated heterocycles. The van der Waals surface area contributed by atoms with Gasteiger partial charge in [0.2, 0.25) is 5.03 Å². The summed E-state index contributed by atoms with van der Waals surface area (Å²) in [5.74, 6) is 0. The second-order valence-corrected chi connectivity index (χ2v) is 2.12. The molecular weight excluding hydrogens is 126 g/mol. The number of thiol groups is 2. The average molecular weight is 131 g/mol. The Bertz CT molecular complexity index is 127. The quantitative estimate of drug-likeness (QED) is 0.366. The molecule has 0 aliphatic heterocycles. The van der Waals surface area contributed by atoms with Gasteiger partial charge in [0.1, 0.15) is 0 Å². The Labute approximate surface area is 54.1 Å². The molecule has 7 heavy (non-hydrogen) atoms. The SMILES string of the molecule is [C-]#[N+]/C(S)=C(\C)S. The van der Waals surface area contributed by atoms with Gasteiger partial charge < -0.3 is 0 Å². The van der Waals surface area contributed by atoms with Crippen LogP contribution in [0.1, 0.15) is 6.92 Å². The van der Waals surface area contributed by atoms with Crippen LogP contribution in [0.5, 0.6) is 0 Å². The fourth-order valence-corrected chi connectivity index (χ4v) is 0.131. The van der Waals surface area contributed by atoms with Crippen LogP contribution >= 0.6 is 25.3 Å². The second kappa shape index (κ2) is 3.00. The van der Waals surface area contributed by atoms with E-state index in [4.69, 9.17) is 6.57 Å². The van der Waals surface area contributed by atoms with Crippen LogP contribution < -0.4 is 0 Å². The Morgan fingerprint density at radius 3 is 2.00 bits per heavy atom. The van der Waals surface area contributed by atoms with Gasteiger partial charge in [-0.1, -0.05) is 0 Å². The van der Waals surface area contributed by atoms with Crippen molar-refractivity contribution >= 4 is 25.3 Å². The smallest absolute Gasteiger partial charge is 0.226 e. The summed E-state index contributed by atoms with van der Waals surface area (Å²) in [6.45, 7) is 8.11. The van der Waals surface area contributed by atoms with Gasteiger partial charge in [-0.25, -0.2) is 4.85 Å². The van der Waals surface area contributed by atoms with E-state index in [1.165, 1.54) is 0 Å². The van der Waals surface area contributed by atoms with Crippen molar-refractivity contribution < 1.29 is 0 Å². The number of allylic oxidation sites excluding steroid dienone is 1. The lowest BCUT2D eigenvalue weighted by Gasteiger charge is -1.83. The zero-order valence-corrected chi connectivity index (χ0v) is 5.63. The maximum atomic E-state index is 6.38. The molecule has 38 valence electrons. The van der Waals surface area contributed by atoms with Crippen molar-refractivity contribution in [3.8, 4) is 0 Å². The van der Waals surface area contributed by atoms with Gasteiger partial charge in [0, 0.05) is 0 Å². The topological polar surface area (TPSA) is 4.36 Å². The van der Waals surface area contributed by atoms with E-state index in [9.17, 15) is 0 Å². The van der Waals surface area contributed by atoms with E-state index < -0.39 is 0 Å². The average Bonchev–Trinajstić information content (AvgIpc) is 1.65. The Hall–Kier alpha value is -0.0700. The molecule has 0 aromatic carbocycles. The molecule has 0 spiro atoms. The predicted molar refractivity (Wildman–Crippen MR) is 37.3 cm³/mol. The standard InChI is InChI=1S/C4H5NS2/c1-3(6)4(7)5-2/h6-7H,1H3/b4-3-. The highest BCUT2D eigenvalue weighted by molar-refractivity contribution is 7.88. The van der Waals surface area contributed by atoms with Crippen LogP contribution in [0.15, 0.2) is 9.93 Å². The molecule has 0 aromatic heterocycles. The zero-order valence-electron chi connectivity index (χ0n) is 3.84. The van der Waals surface area contributed by atoms with Crippen LogP contribution in [0.3, 0.4) is 0 Å². The lowest BCUT2D eigenvalue weighted by molar-refractivity contribution is 1.66. The Balaban J connectivity index is 4.07. The van der Waals surface area contributed by atoms with E-state index in [1.54, 1.807) is 6.92 Å². The van der Waals surface area contributed by atoms with Crippen LogP contribution in [0.4, 0.5) is 0 Å². The molecule has 0 aromatic rings. The summed E-state index contributed by atoms with van der Waals surface area (Å²) >= 11 is 7.64. The minimum Gasteiger partial charge on any atom is -0.230 e. The first-order valence-electron chi connectivity index (χ1n) is 1.64. The predicted octanol–water partition coefficient (Wildman–Crippen LogP) is 1.95. The Morgan fingerprint density at radius 1 is 1.57 bits per heavy atom. The van der Waals surface area contributed by atoms with Crippen molar-refractivity contribution in [2.75, 3.05) is 0 Å². The third kappa shape index (κ3) is 2.60. The maximum absolute atomic E-state index is 6.38. The normalized spacial score (nSPS) is 12.3. The molecule has 0 aliphatic carbocycles. The molecule has 0 unspecified atom stereocenters. The fourth-order valence-electron chi connectivity index (χ4n) is 0.0809. The summed E-state index contributed by atoms with van der Waals surface area (Å²) in [5, 5.41) is 0.364. The van der Waals surface area contributed by atoms with E-state index in [2.05, 4.69) is 30.1 Å². The van der Waals surface area contributed by atoms with Crippen LogP contribution in [-0.4, -0.2) is 0 Å². The summed E-state index contributed by atoms with van der Waals surface area (Å²) in [6.07, 6.45) is 0. The third-order valence-electron chi connectivity index (χ3n) is 0.430. The first-order chi connectivity index (χ1) is 3.18. The number of nitrogens with zero attached hydrogens (tertiary/aromatic N) is 1. The molecule has 0 saturated carbocycles. The van der Waals surface area contributed by atoms with Crippen molar-refractivity contribution in [3.63, 3.8) is 0 Å². The summed E-state index contributed by atoms with van der Waals surface area (Å²) in [5.41, 5.74) is 0. The highest BCUT2D eigenvalue weighted by atomic mass is 32.1. The summed E-state index contributed by atoms with van der Waals surface area (Å²) < 4.78 is 0. The third-order valence-corrected chi connectivity index (χ3v) is 1.25. The molecule has 0 N–H and O–H groups in total. The molecule has 0 fully saturated rings. The molecule has 1 nitrogen and oxygen atoms in total. The molecule has 0 radical (unpaired) electrons. The Kier molecular flexibility index (Phi) is 2.97. The monoisotopic (exact) mass is 131 g/mol. The van der Waals surface area contributed by atoms with Crippen LogP contribution in [-0.2, 0) is 0 Å². The lowest BCUT2D eigenvalue weighted by Crippen LogP contribution is -1.59. The van der Waals surface area contributed by atoms with Crippen LogP contribution in [0.25, 0.3) is 4.85 Å². The first kappa shape index (κ1) is 6.93. The minimum atomic E-state index is 0.364. The van der Waals surface area contributed by atoms with Crippen LogP contribution in [0, 0.1) is 6.57 Å². The highest BCUT2D eigenvalue weighted by Crippen LogP contribution is 2.11. The minimum absolute atomic E-state index is 0.364. The summed E-state index contributed by atoms with van der Waals surface area (Å²) in [6, 6.07) is 0. The number of hydrogen-bond acceptors (Lipinski definition) is 2. The molecule has 0 atom stereocenters. The van der Waals surface area contributed by atoms with E-state index in [-0.39, 0.29) is 0 Å². The fraction of sp³-hybridized carbons (Fsp3) is 0.250. The Morgan fingerprint density at radius 2 is 2.00 bits per heavy atom. The van der Waals surface area contributed by atoms with Crippen molar-refractivity contribution in [2.24, 2.45) is 0 Å².